The first kappa shape index (κ1) is 16.0. The Morgan fingerprint density at radius 1 is 1.24 bits per heavy atom. The van der Waals surface area contributed by atoms with Gasteiger partial charge in [-0.15, -0.1) is 0 Å². The van der Waals surface area contributed by atoms with Crippen molar-refractivity contribution in [2.75, 3.05) is 7.11 Å². The molecule has 4 rings (SSSR count). The van der Waals surface area contributed by atoms with Crippen molar-refractivity contribution >= 4 is 28.4 Å². The summed E-state index contributed by atoms with van der Waals surface area (Å²) in [6, 6.07) is 13.2. The predicted octanol–water partition coefficient (Wildman–Crippen LogP) is 4.64. The van der Waals surface area contributed by atoms with Crippen LogP contribution in [-0.4, -0.2) is 18.0 Å². The van der Waals surface area contributed by atoms with Gasteiger partial charge in [-0.2, -0.15) is 0 Å². The summed E-state index contributed by atoms with van der Waals surface area (Å²) >= 11 is 6.33. The molecule has 1 atom stereocenters. The number of hydrogen-bond acceptors (Lipinski definition) is 2. The summed E-state index contributed by atoms with van der Waals surface area (Å²) in [5.74, 6) is 0.454. The summed E-state index contributed by atoms with van der Waals surface area (Å²) in [4.78, 5) is 16.2. The summed E-state index contributed by atoms with van der Waals surface area (Å²) in [7, 11) is 1.57. The van der Waals surface area contributed by atoms with E-state index in [4.69, 9.17) is 16.3 Å². The van der Waals surface area contributed by atoms with Gasteiger partial charge in [-0.3, -0.25) is 4.79 Å². The Balaban J connectivity index is 1.68. The van der Waals surface area contributed by atoms with Gasteiger partial charge in [0.2, 0.25) is 0 Å². The molecule has 1 heterocycles. The number of nitrogens with one attached hydrogen (secondary N) is 2. The summed E-state index contributed by atoms with van der Waals surface area (Å²) in [5.41, 5.74) is 3.82. The van der Waals surface area contributed by atoms with Crippen molar-refractivity contribution in [3.05, 3.63) is 64.3 Å². The van der Waals surface area contributed by atoms with Crippen LogP contribution in [0, 0.1) is 0 Å². The highest BCUT2D eigenvalue weighted by Crippen LogP contribution is 2.37. The number of aryl methyl sites for hydroxylation is 1. The smallest absolute Gasteiger partial charge is 0.255 e. The Morgan fingerprint density at radius 3 is 2.92 bits per heavy atom. The van der Waals surface area contributed by atoms with Crippen LogP contribution in [0.15, 0.2) is 42.5 Å². The minimum atomic E-state index is -0.125. The quantitative estimate of drug-likeness (QED) is 0.720. The number of fused-ring (bicyclic) bond motifs is 3. The maximum absolute atomic E-state index is 12.8. The molecule has 0 aliphatic heterocycles. The molecule has 0 bridgehead atoms. The molecule has 1 aliphatic rings. The fraction of sp³-hybridized carbons (Fsp3) is 0.250. The van der Waals surface area contributed by atoms with E-state index in [0.717, 1.165) is 35.9 Å². The van der Waals surface area contributed by atoms with Crippen molar-refractivity contribution < 1.29 is 9.53 Å². The minimum Gasteiger partial charge on any atom is -0.496 e. The first-order valence-electron chi connectivity index (χ1n) is 8.42. The molecule has 4 nitrogen and oxygen atoms in total. The van der Waals surface area contributed by atoms with Crippen molar-refractivity contribution in [1.82, 2.24) is 10.3 Å². The summed E-state index contributed by atoms with van der Waals surface area (Å²) in [5, 5.41) is 5.01. The monoisotopic (exact) mass is 354 g/mol. The average molecular weight is 355 g/mol. The van der Waals surface area contributed by atoms with Crippen LogP contribution in [0.2, 0.25) is 5.02 Å². The van der Waals surface area contributed by atoms with Crippen LogP contribution < -0.4 is 10.1 Å². The average Bonchev–Trinajstić information content (AvgIpc) is 3.03. The Bertz CT molecular complexity index is 948. The van der Waals surface area contributed by atoms with Gasteiger partial charge in [0.05, 0.1) is 29.3 Å². The lowest BCUT2D eigenvalue weighted by Gasteiger charge is -2.24. The van der Waals surface area contributed by atoms with Gasteiger partial charge >= 0.3 is 0 Å². The van der Waals surface area contributed by atoms with E-state index in [0.29, 0.717) is 16.3 Å². The van der Waals surface area contributed by atoms with Gasteiger partial charge in [-0.25, -0.2) is 0 Å². The molecule has 0 saturated heterocycles. The predicted molar refractivity (Wildman–Crippen MR) is 99.4 cm³/mol. The first-order valence-corrected chi connectivity index (χ1v) is 8.79. The zero-order valence-electron chi connectivity index (χ0n) is 13.9. The highest BCUT2D eigenvalue weighted by molar-refractivity contribution is 6.35. The van der Waals surface area contributed by atoms with Crippen LogP contribution in [0.3, 0.4) is 0 Å². The number of halogens is 1. The highest BCUT2D eigenvalue weighted by Gasteiger charge is 2.27. The molecular formula is C20H19ClN2O2. The fourth-order valence-electron chi connectivity index (χ4n) is 3.66. The topological polar surface area (TPSA) is 54.1 Å². The molecule has 5 heteroatoms. The van der Waals surface area contributed by atoms with E-state index in [-0.39, 0.29) is 11.9 Å². The second kappa shape index (κ2) is 6.45. The van der Waals surface area contributed by atoms with E-state index in [9.17, 15) is 4.79 Å². The summed E-state index contributed by atoms with van der Waals surface area (Å²) < 4.78 is 5.30. The third-order valence-corrected chi connectivity index (χ3v) is 5.16. The molecule has 2 N–H and O–H groups in total. The second-order valence-electron chi connectivity index (χ2n) is 6.30. The molecule has 128 valence electrons. The van der Waals surface area contributed by atoms with Crippen molar-refractivity contribution in [2.24, 2.45) is 0 Å². The van der Waals surface area contributed by atoms with Crippen LogP contribution in [0.4, 0.5) is 0 Å². The molecule has 0 unspecified atom stereocenters. The minimum absolute atomic E-state index is 0.0513. The van der Waals surface area contributed by atoms with Gasteiger partial charge in [-0.1, -0.05) is 35.9 Å². The number of carbonyl (C=O) groups excluding carboxylic acids is 1. The van der Waals surface area contributed by atoms with E-state index in [2.05, 4.69) is 16.4 Å². The SMILES string of the molecule is COc1ccccc1C(=O)N[C@@H]1CCCc2c1[nH]c1c(Cl)cccc21. The Morgan fingerprint density at radius 2 is 2.08 bits per heavy atom. The third kappa shape index (κ3) is 2.76. The highest BCUT2D eigenvalue weighted by atomic mass is 35.5. The molecule has 2 aromatic carbocycles. The molecule has 0 saturated carbocycles. The molecule has 3 aromatic rings. The van der Waals surface area contributed by atoms with Crippen LogP contribution >= 0.6 is 11.6 Å². The number of hydrogen-bond donors (Lipinski definition) is 2. The normalized spacial score (nSPS) is 16.5. The van der Waals surface area contributed by atoms with E-state index >= 15 is 0 Å². The van der Waals surface area contributed by atoms with E-state index in [1.165, 1.54) is 5.56 Å². The van der Waals surface area contributed by atoms with Crippen LogP contribution in [0.1, 0.15) is 40.5 Å². The van der Waals surface area contributed by atoms with Crippen LogP contribution in [0.5, 0.6) is 5.75 Å². The van der Waals surface area contributed by atoms with Crippen molar-refractivity contribution in [3.63, 3.8) is 0 Å². The molecule has 1 amide bonds. The fourth-order valence-corrected chi connectivity index (χ4v) is 3.89. The number of ether oxygens (including phenoxy) is 1. The number of aromatic nitrogens is 1. The Hall–Kier alpha value is -2.46. The lowest BCUT2D eigenvalue weighted by Crippen LogP contribution is -2.31. The Kier molecular flexibility index (Phi) is 4.14. The molecule has 25 heavy (non-hydrogen) atoms. The first-order chi connectivity index (χ1) is 12.2. The largest absolute Gasteiger partial charge is 0.496 e. The third-order valence-electron chi connectivity index (χ3n) is 4.85. The van der Waals surface area contributed by atoms with Gasteiger partial charge in [-0.05, 0) is 43.0 Å². The van der Waals surface area contributed by atoms with E-state index in [1.807, 2.05) is 24.3 Å². The number of aromatic amines is 1. The van der Waals surface area contributed by atoms with Crippen molar-refractivity contribution in [1.29, 1.82) is 0 Å². The number of benzene rings is 2. The maximum Gasteiger partial charge on any atom is 0.255 e. The maximum atomic E-state index is 12.8. The molecular weight excluding hydrogens is 336 g/mol. The number of para-hydroxylation sites is 2. The summed E-state index contributed by atoms with van der Waals surface area (Å²) in [6.07, 6.45) is 2.93. The second-order valence-corrected chi connectivity index (χ2v) is 6.71. The van der Waals surface area contributed by atoms with Gasteiger partial charge in [0, 0.05) is 11.1 Å². The van der Waals surface area contributed by atoms with Gasteiger partial charge in [0.1, 0.15) is 5.75 Å². The van der Waals surface area contributed by atoms with Gasteiger partial charge < -0.3 is 15.0 Å². The number of carbonyl (C=O) groups is 1. The van der Waals surface area contributed by atoms with E-state index < -0.39 is 0 Å². The number of rotatable bonds is 3. The lowest BCUT2D eigenvalue weighted by atomic mass is 9.91. The number of H-pyrrole nitrogens is 1. The number of methoxy groups -OCH3 is 1. The van der Waals surface area contributed by atoms with Crippen molar-refractivity contribution in [3.8, 4) is 5.75 Å². The zero-order valence-corrected chi connectivity index (χ0v) is 14.7. The van der Waals surface area contributed by atoms with Crippen molar-refractivity contribution in [2.45, 2.75) is 25.3 Å². The van der Waals surface area contributed by atoms with Crippen LogP contribution in [-0.2, 0) is 6.42 Å². The van der Waals surface area contributed by atoms with E-state index in [1.54, 1.807) is 19.2 Å². The van der Waals surface area contributed by atoms with Gasteiger partial charge in [0.25, 0.3) is 5.91 Å². The van der Waals surface area contributed by atoms with Crippen LogP contribution in [0.25, 0.3) is 10.9 Å². The summed E-state index contributed by atoms with van der Waals surface area (Å²) in [6.45, 7) is 0. The zero-order chi connectivity index (χ0) is 17.4. The molecule has 0 spiro atoms. The lowest BCUT2D eigenvalue weighted by molar-refractivity contribution is 0.0929. The molecule has 1 aliphatic carbocycles. The standard InChI is InChI=1S/C20H19ClN2O2/c1-25-17-11-3-2-6-14(17)20(24)22-16-10-5-8-13-12-7-4-9-15(21)18(12)23-19(13)16/h2-4,6-7,9,11,16,23H,5,8,10H2,1H3,(H,22,24)/t16-/m1/s1. The Labute approximate surface area is 151 Å². The molecule has 0 fully saturated rings. The molecule has 0 radical (unpaired) electrons. The molecule has 1 aromatic heterocycles. The number of amides is 1. The van der Waals surface area contributed by atoms with Gasteiger partial charge in [0.15, 0.2) is 0 Å².